The maximum atomic E-state index is 12.0. The van der Waals surface area contributed by atoms with E-state index < -0.39 is 0 Å². The molecule has 0 bridgehead atoms. The molecule has 0 saturated heterocycles. The lowest BCUT2D eigenvalue weighted by molar-refractivity contribution is -0.115. The van der Waals surface area contributed by atoms with Gasteiger partial charge in [-0.15, -0.1) is 0 Å². The van der Waals surface area contributed by atoms with Crippen LogP contribution in [0.3, 0.4) is 0 Å². The number of aromatic nitrogens is 1. The Morgan fingerprint density at radius 3 is 3.06 bits per heavy atom. The average Bonchev–Trinajstić information content (AvgIpc) is 2.31. The number of Topliss-reactive ketones (excluding diaryl/α,β-unsaturated/α-hetero) is 1. The van der Waals surface area contributed by atoms with Gasteiger partial charge >= 0.3 is 0 Å². The first-order chi connectivity index (χ1) is 7.75. The Kier molecular flexibility index (Phi) is 3.50. The van der Waals surface area contributed by atoms with Crippen LogP contribution in [0.2, 0.25) is 0 Å². The number of ketones is 1. The largest absolute Gasteiger partial charge is 0.294 e. The number of hydrogen-bond acceptors (Lipinski definition) is 2. The van der Waals surface area contributed by atoms with Gasteiger partial charge in [0.05, 0.1) is 0 Å². The van der Waals surface area contributed by atoms with Crippen LogP contribution in [-0.2, 0) is 11.2 Å². The van der Waals surface area contributed by atoms with Gasteiger partial charge in [0.1, 0.15) is 0 Å². The van der Waals surface area contributed by atoms with Gasteiger partial charge < -0.3 is 0 Å². The molecule has 1 aromatic rings. The van der Waals surface area contributed by atoms with Gasteiger partial charge in [-0.05, 0) is 42.4 Å². The molecule has 0 N–H and O–H groups in total. The molecule has 0 aromatic carbocycles. The first kappa shape index (κ1) is 11.1. The SMILES string of the molecule is CC1CC=C(C(=O)Cc2cccnc2)CC1. The van der Waals surface area contributed by atoms with Gasteiger partial charge in [-0.3, -0.25) is 9.78 Å². The summed E-state index contributed by atoms with van der Waals surface area (Å²) in [5.41, 5.74) is 2.02. The third-order valence-electron chi connectivity index (χ3n) is 3.12. The fourth-order valence-corrected chi connectivity index (χ4v) is 2.02. The van der Waals surface area contributed by atoms with Gasteiger partial charge in [-0.25, -0.2) is 0 Å². The third kappa shape index (κ3) is 2.78. The summed E-state index contributed by atoms with van der Waals surface area (Å²) in [6.07, 6.45) is 9.25. The Morgan fingerprint density at radius 1 is 1.56 bits per heavy atom. The number of hydrogen-bond donors (Lipinski definition) is 0. The zero-order chi connectivity index (χ0) is 11.4. The molecule has 1 unspecified atom stereocenters. The second kappa shape index (κ2) is 5.06. The van der Waals surface area contributed by atoms with Gasteiger partial charge in [0.25, 0.3) is 0 Å². The lowest BCUT2D eigenvalue weighted by Crippen LogP contribution is -2.11. The maximum Gasteiger partial charge on any atom is 0.162 e. The molecule has 0 radical (unpaired) electrons. The van der Waals surface area contributed by atoms with Crippen LogP contribution in [0.25, 0.3) is 0 Å². The van der Waals surface area contributed by atoms with Crippen LogP contribution in [-0.4, -0.2) is 10.8 Å². The molecule has 0 fully saturated rings. The van der Waals surface area contributed by atoms with Crippen molar-refractivity contribution >= 4 is 5.78 Å². The Morgan fingerprint density at radius 2 is 2.44 bits per heavy atom. The van der Waals surface area contributed by atoms with Crippen LogP contribution in [0.1, 0.15) is 31.7 Å². The molecule has 2 heteroatoms. The van der Waals surface area contributed by atoms with Crippen LogP contribution in [0.5, 0.6) is 0 Å². The van der Waals surface area contributed by atoms with E-state index in [4.69, 9.17) is 0 Å². The van der Waals surface area contributed by atoms with Crippen LogP contribution >= 0.6 is 0 Å². The highest BCUT2D eigenvalue weighted by Gasteiger charge is 2.16. The van der Waals surface area contributed by atoms with Crippen molar-refractivity contribution in [2.75, 3.05) is 0 Å². The Balaban J connectivity index is 1.99. The second-order valence-corrected chi connectivity index (χ2v) is 4.57. The number of pyridine rings is 1. The maximum absolute atomic E-state index is 12.0. The molecule has 1 aromatic heterocycles. The fourth-order valence-electron chi connectivity index (χ4n) is 2.02. The summed E-state index contributed by atoms with van der Waals surface area (Å²) in [7, 11) is 0. The highest BCUT2D eigenvalue weighted by atomic mass is 16.1. The van der Waals surface area contributed by atoms with E-state index in [2.05, 4.69) is 18.0 Å². The predicted octanol–water partition coefficient (Wildman–Crippen LogP) is 2.94. The summed E-state index contributed by atoms with van der Waals surface area (Å²) >= 11 is 0. The minimum Gasteiger partial charge on any atom is -0.294 e. The highest BCUT2D eigenvalue weighted by Crippen LogP contribution is 2.24. The summed E-state index contributed by atoms with van der Waals surface area (Å²) in [6.45, 7) is 2.23. The number of carbonyl (C=O) groups is 1. The second-order valence-electron chi connectivity index (χ2n) is 4.57. The molecule has 16 heavy (non-hydrogen) atoms. The van der Waals surface area contributed by atoms with Crippen molar-refractivity contribution in [3.8, 4) is 0 Å². The topological polar surface area (TPSA) is 30.0 Å². The van der Waals surface area contributed by atoms with E-state index in [9.17, 15) is 4.79 Å². The van der Waals surface area contributed by atoms with E-state index in [1.54, 1.807) is 12.4 Å². The summed E-state index contributed by atoms with van der Waals surface area (Å²) in [4.78, 5) is 16.0. The molecular formula is C14H17NO. The van der Waals surface area contributed by atoms with Crippen molar-refractivity contribution in [2.24, 2.45) is 5.92 Å². The van der Waals surface area contributed by atoms with Crippen molar-refractivity contribution in [3.05, 3.63) is 41.7 Å². The quantitative estimate of drug-likeness (QED) is 0.776. The van der Waals surface area contributed by atoms with Gasteiger partial charge in [-0.1, -0.05) is 19.1 Å². The van der Waals surface area contributed by atoms with E-state index in [0.717, 1.165) is 36.3 Å². The van der Waals surface area contributed by atoms with Crippen molar-refractivity contribution in [2.45, 2.75) is 32.6 Å². The molecule has 0 amide bonds. The zero-order valence-electron chi connectivity index (χ0n) is 9.65. The lowest BCUT2D eigenvalue weighted by atomic mass is 9.88. The summed E-state index contributed by atoms with van der Waals surface area (Å²) in [6, 6.07) is 3.83. The molecule has 1 aliphatic rings. The molecule has 2 nitrogen and oxygen atoms in total. The number of allylic oxidation sites excluding steroid dienone is 2. The van der Waals surface area contributed by atoms with Crippen LogP contribution in [0.15, 0.2) is 36.2 Å². The van der Waals surface area contributed by atoms with Gasteiger partial charge in [0.15, 0.2) is 5.78 Å². The van der Waals surface area contributed by atoms with Gasteiger partial charge in [0, 0.05) is 18.8 Å². The van der Waals surface area contributed by atoms with Gasteiger partial charge in [0.2, 0.25) is 0 Å². The number of carbonyl (C=O) groups excluding carboxylic acids is 1. The Hall–Kier alpha value is -1.44. The normalized spacial score (nSPS) is 20.3. The molecule has 1 atom stereocenters. The monoisotopic (exact) mass is 215 g/mol. The molecule has 0 saturated carbocycles. The highest BCUT2D eigenvalue weighted by molar-refractivity contribution is 5.96. The Bertz CT molecular complexity index is 394. The summed E-state index contributed by atoms with van der Waals surface area (Å²) in [5.74, 6) is 0.995. The fraction of sp³-hybridized carbons (Fsp3) is 0.429. The first-order valence-corrected chi connectivity index (χ1v) is 5.87. The average molecular weight is 215 g/mol. The predicted molar refractivity (Wildman–Crippen MR) is 64.0 cm³/mol. The molecular weight excluding hydrogens is 198 g/mol. The molecule has 0 aliphatic heterocycles. The lowest BCUT2D eigenvalue weighted by Gasteiger charge is -2.17. The molecule has 0 spiro atoms. The number of nitrogens with zero attached hydrogens (tertiary/aromatic N) is 1. The first-order valence-electron chi connectivity index (χ1n) is 5.87. The van der Waals surface area contributed by atoms with Crippen LogP contribution in [0, 0.1) is 5.92 Å². The van der Waals surface area contributed by atoms with Crippen molar-refractivity contribution in [3.63, 3.8) is 0 Å². The van der Waals surface area contributed by atoms with E-state index in [0.29, 0.717) is 6.42 Å². The van der Waals surface area contributed by atoms with Gasteiger partial charge in [-0.2, -0.15) is 0 Å². The van der Waals surface area contributed by atoms with Crippen molar-refractivity contribution in [1.82, 2.24) is 4.98 Å². The number of rotatable bonds is 3. The Labute approximate surface area is 96.4 Å². The minimum absolute atomic E-state index is 0.264. The van der Waals surface area contributed by atoms with Crippen molar-refractivity contribution < 1.29 is 4.79 Å². The minimum atomic E-state index is 0.264. The zero-order valence-corrected chi connectivity index (χ0v) is 9.65. The standard InChI is InChI=1S/C14H17NO/c1-11-4-6-13(7-5-11)14(16)9-12-3-2-8-15-10-12/h2-3,6,8,10-11H,4-5,7,9H2,1H3. The van der Waals surface area contributed by atoms with Crippen LogP contribution < -0.4 is 0 Å². The van der Waals surface area contributed by atoms with Crippen LogP contribution in [0.4, 0.5) is 0 Å². The molecule has 2 rings (SSSR count). The van der Waals surface area contributed by atoms with E-state index in [1.165, 1.54) is 0 Å². The third-order valence-corrected chi connectivity index (χ3v) is 3.12. The molecule has 84 valence electrons. The molecule has 1 aliphatic carbocycles. The smallest absolute Gasteiger partial charge is 0.162 e. The summed E-state index contributed by atoms with van der Waals surface area (Å²) in [5, 5.41) is 0. The van der Waals surface area contributed by atoms with E-state index in [-0.39, 0.29) is 5.78 Å². The summed E-state index contributed by atoms with van der Waals surface area (Å²) < 4.78 is 0. The molecule has 1 heterocycles. The van der Waals surface area contributed by atoms with E-state index >= 15 is 0 Å². The van der Waals surface area contributed by atoms with E-state index in [1.807, 2.05) is 12.1 Å². The van der Waals surface area contributed by atoms with Crippen molar-refractivity contribution in [1.29, 1.82) is 0 Å².